The number of hydrogen-bond donors (Lipinski definition) is 0. The Bertz CT molecular complexity index is 463. The lowest BCUT2D eigenvalue weighted by Crippen LogP contribution is -1.88. The van der Waals surface area contributed by atoms with Crippen LogP contribution in [0.25, 0.3) is 10.8 Å². The van der Waals surface area contributed by atoms with Crippen molar-refractivity contribution in [3.8, 4) is 0 Å². The Morgan fingerprint density at radius 3 is 2.44 bits per heavy atom. The maximum absolute atomic E-state index is 11.9. The van der Waals surface area contributed by atoms with E-state index in [4.69, 9.17) is 0 Å². The van der Waals surface area contributed by atoms with Crippen LogP contribution in [0.5, 0.6) is 0 Å². The molecule has 0 saturated carbocycles. The van der Waals surface area contributed by atoms with Gasteiger partial charge in [-0.1, -0.05) is 42.5 Å². The first-order valence-corrected chi connectivity index (χ1v) is 5.40. The SMILES string of the molecule is F[C](F)CCCc1ccc2ccccc2c1. The zero-order valence-electron chi connectivity index (χ0n) is 8.92. The Morgan fingerprint density at radius 2 is 1.69 bits per heavy atom. The van der Waals surface area contributed by atoms with Gasteiger partial charge in [0.15, 0.2) is 0 Å². The predicted octanol–water partition coefficient (Wildman–Crippen LogP) is 4.59. The first-order valence-electron chi connectivity index (χ1n) is 5.40. The van der Waals surface area contributed by atoms with Crippen LogP contribution in [0.2, 0.25) is 0 Å². The van der Waals surface area contributed by atoms with E-state index in [0.717, 1.165) is 5.56 Å². The first-order chi connectivity index (χ1) is 7.75. The van der Waals surface area contributed by atoms with E-state index in [1.54, 1.807) is 0 Å². The van der Waals surface area contributed by atoms with Gasteiger partial charge in [-0.2, -0.15) is 8.78 Å². The fourth-order valence-electron chi connectivity index (χ4n) is 1.82. The van der Waals surface area contributed by atoms with E-state index in [2.05, 4.69) is 6.07 Å². The minimum absolute atomic E-state index is 0.0904. The molecular weight excluding hydrogens is 206 g/mol. The summed E-state index contributed by atoms with van der Waals surface area (Å²) in [5.74, 6) is 0. The van der Waals surface area contributed by atoms with Crippen molar-refractivity contribution in [2.45, 2.75) is 19.3 Å². The summed E-state index contributed by atoms with van der Waals surface area (Å²) in [6, 6.07) is 14.2. The fraction of sp³-hybridized carbons (Fsp3) is 0.214. The van der Waals surface area contributed by atoms with Crippen molar-refractivity contribution in [3.63, 3.8) is 0 Å². The molecule has 0 aromatic heterocycles. The number of fused-ring (bicyclic) bond motifs is 1. The highest BCUT2D eigenvalue weighted by atomic mass is 19.3. The van der Waals surface area contributed by atoms with E-state index in [1.165, 1.54) is 10.8 Å². The number of halogens is 2. The monoisotopic (exact) mass is 219 g/mol. The average Bonchev–Trinajstić information content (AvgIpc) is 2.28. The number of aryl methyl sites for hydroxylation is 1. The van der Waals surface area contributed by atoms with Crippen LogP contribution in [0.15, 0.2) is 42.5 Å². The van der Waals surface area contributed by atoms with Crippen LogP contribution in [0.1, 0.15) is 18.4 Å². The van der Waals surface area contributed by atoms with Crippen molar-refractivity contribution in [1.82, 2.24) is 0 Å². The zero-order chi connectivity index (χ0) is 11.4. The Labute approximate surface area is 93.9 Å². The van der Waals surface area contributed by atoms with Gasteiger partial charge in [-0.25, -0.2) is 0 Å². The van der Waals surface area contributed by atoms with Gasteiger partial charge < -0.3 is 0 Å². The highest BCUT2D eigenvalue weighted by Gasteiger charge is 2.04. The molecule has 0 fully saturated rings. The normalized spacial score (nSPS) is 11.2. The van der Waals surface area contributed by atoms with Crippen molar-refractivity contribution < 1.29 is 8.78 Å². The van der Waals surface area contributed by atoms with Crippen LogP contribution in [-0.4, -0.2) is 0 Å². The molecule has 2 rings (SSSR count). The quantitative estimate of drug-likeness (QED) is 0.705. The Hall–Kier alpha value is -1.44. The second-order valence-electron chi connectivity index (χ2n) is 3.87. The number of benzene rings is 2. The van der Waals surface area contributed by atoms with Gasteiger partial charge in [-0.15, -0.1) is 0 Å². The molecule has 0 saturated heterocycles. The molecule has 0 spiro atoms. The van der Waals surface area contributed by atoms with E-state index in [-0.39, 0.29) is 6.42 Å². The van der Waals surface area contributed by atoms with Gasteiger partial charge >= 0.3 is 6.43 Å². The molecule has 2 aromatic carbocycles. The molecule has 2 aromatic rings. The molecule has 2 heteroatoms. The van der Waals surface area contributed by atoms with Crippen LogP contribution in [0.3, 0.4) is 0 Å². The van der Waals surface area contributed by atoms with Gasteiger partial charge in [-0.3, -0.25) is 0 Å². The number of rotatable bonds is 4. The molecule has 0 amide bonds. The molecule has 16 heavy (non-hydrogen) atoms. The van der Waals surface area contributed by atoms with Crippen LogP contribution >= 0.6 is 0 Å². The molecule has 0 unspecified atom stereocenters. The van der Waals surface area contributed by atoms with E-state index < -0.39 is 6.43 Å². The minimum Gasteiger partial charge on any atom is -0.200 e. The van der Waals surface area contributed by atoms with Gasteiger partial charge in [0.25, 0.3) is 0 Å². The molecular formula is C14H13F2. The summed E-state index contributed by atoms with van der Waals surface area (Å²) in [6.07, 6.45) is -0.337. The summed E-state index contributed by atoms with van der Waals surface area (Å²) in [5, 5.41) is 2.36. The molecule has 0 bridgehead atoms. The smallest absolute Gasteiger partial charge is 0.200 e. The average molecular weight is 219 g/mol. The topological polar surface area (TPSA) is 0 Å². The molecule has 0 nitrogen and oxygen atoms in total. The molecule has 0 aliphatic carbocycles. The number of hydrogen-bond acceptors (Lipinski definition) is 0. The Balaban J connectivity index is 2.08. The van der Waals surface area contributed by atoms with Gasteiger partial charge in [0.05, 0.1) is 0 Å². The second kappa shape index (κ2) is 5.06. The largest absolute Gasteiger partial charge is 0.310 e. The highest BCUT2D eigenvalue weighted by Crippen LogP contribution is 2.19. The summed E-state index contributed by atoms with van der Waals surface area (Å²) < 4.78 is 23.8. The maximum atomic E-state index is 11.9. The maximum Gasteiger partial charge on any atom is 0.310 e. The second-order valence-corrected chi connectivity index (χ2v) is 3.87. The molecule has 1 radical (unpaired) electrons. The molecule has 0 aliphatic rings. The van der Waals surface area contributed by atoms with Crippen LogP contribution in [-0.2, 0) is 6.42 Å². The lowest BCUT2D eigenvalue weighted by molar-refractivity contribution is 0.266. The van der Waals surface area contributed by atoms with E-state index in [1.807, 2.05) is 36.4 Å². The lowest BCUT2D eigenvalue weighted by atomic mass is 10.0. The van der Waals surface area contributed by atoms with Crippen molar-refractivity contribution in [1.29, 1.82) is 0 Å². The van der Waals surface area contributed by atoms with E-state index >= 15 is 0 Å². The zero-order valence-corrected chi connectivity index (χ0v) is 8.92. The predicted molar refractivity (Wildman–Crippen MR) is 62.3 cm³/mol. The van der Waals surface area contributed by atoms with Gasteiger partial charge in [0.1, 0.15) is 0 Å². The van der Waals surface area contributed by atoms with Crippen molar-refractivity contribution in [3.05, 3.63) is 54.5 Å². The molecule has 0 atom stereocenters. The molecule has 83 valence electrons. The minimum atomic E-state index is -1.47. The van der Waals surface area contributed by atoms with Crippen molar-refractivity contribution in [2.24, 2.45) is 0 Å². The lowest BCUT2D eigenvalue weighted by Gasteiger charge is -2.03. The van der Waals surface area contributed by atoms with Crippen molar-refractivity contribution in [2.75, 3.05) is 0 Å². The molecule has 0 heterocycles. The summed E-state index contributed by atoms with van der Waals surface area (Å²) in [7, 11) is 0. The Morgan fingerprint density at radius 1 is 0.938 bits per heavy atom. The van der Waals surface area contributed by atoms with Gasteiger partial charge in [0, 0.05) is 6.42 Å². The van der Waals surface area contributed by atoms with E-state index in [9.17, 15) is 8.78 Å². The summed E-state index contributed by atoms with van der Waals surface area (Å²) in [6.45, 7) is 0. The molecule has 0 aliphatic heterocycles. The third-order valence-electron chi connectivity index (χ3n) is 2.65. The van der Waals surface area contributed by atoms with E-state index in [0.29, 0.717) is 12.8 Å². The van der Waals surface area contributed by atoms with Crippen LogP contribution in [0, 0.1) is 6.43 Å². The third kappa shape index (κ3) is 2.78. The fourth-order valence-corrected chi connectivity index (χ4v) is 1.82. The summed E-state index contributed by atoms with van der Waals surface area (Å²) in [5.41, 5.74) is 1.12. The standard InChI is InChI=1S/C14H13F2/c15-14(16)7-3-4-11-8-9-12-5-1-2-6-13(12)10-11/h1-2,5-6,8-10H,3-4,7H2. The Kier molecular flexibility index (Phi) is 3.50. The summed E-state index contributed by atoms with van der Waals surface area (Å²) in [4.78, 5) is 0. The van der Waals surface area contributed by atoms with Crippen LogP contribution in [0.4, 0.5) is 8.78 Å². The summed E-state index contributed by atoms with van der Waals surface area (Å²) >= 11 is 0. The van der Waals surface area contributed by atoms with Crippen LogP contribution < -0.4 is 0 Å². The van der Waals surface area contributed by atoms with Gasteiger partial charge in [0.2, 0.25) is 0 Å². The third-order valence-corrected chi connectivity index (χ3v) is 2.65. The highest BCUT2D eigenvalue weighted by molar-refractivity contribution is 5.82. The van der Waals surface area contributed by atoms with Crippen molar-refractivity contribution >= 4 is 10.8 Å². The van der Waals surface area contributed by atoms with Gasteiger partial charge in [-0.05, 0) is 29.2 Å². The molecule has 0 N–H and O–H groups in total. The first kappa shape index (κ1) is 11.1.